The molecular weight excluding hydrogens is 222 g/mol. The molecule has 0 unspecified atom stereocenters. The van der Waals surface area contributed by atoms with Crippen LogP contribution < -0.4 is 5.32 Å². The van der Waals surface area contributed by atoms with Gasteiger partial charge in [0.1, 0.15) is 12.1 Å². The van der Waals surface area contributed by atoms with Gasteiger partial charge in [0.2, 0.25) is 0 Å². The SMILES string of the molecule is CCNc1ncnc(-c2ccc(C)cc2)c1CC. The number of aromatic nitrogens is 2. The molecule has 0 atom stereocenters. The van der Waals surface area contributed by atoms with Crippen molar-refractivity contribution in [3.05, 3.63) is 41.7 Å². The minimum atomic E-state index is 0.872. The molecule has 94 valence electrons. The van der Waals surface area contributed by atoms with E-state index in [2.05, 4.69) is 60.3 Å². The molecule has 3 nitrogen and oxygen atoms in total. The zero-order valence-corrected chi connectivity index (χ0v) is 11.2. The van der Waals surface area contributed by atoms with Crippen molar-refractivity contribution < 1.29 is 0 Å². The lowest BCUT2D eigenvalue weighted by atomic mass is 10.0. The summed E-state index contributed by atoms with van der Waals surface area (Å²) in [6.45, 7) is 7.18. The van der Waals surface area contributed by atoms with Crippen LogP contribution in [0.1, 0.15) is 25.0 Å². The van der Waals surface area contributed by atoms with Crippen molar-refractivity contribution in [2.24, 2.45) is 0 Å². The Hall–Kier alpha value is -1.90. The third kappa shape index (κ3) is 2.50. The normalized spacial score (nSPS) is 10.4. The standard InChI is InChI=1S/C15H19N3/c1-4-13-14(12-8-6-11(3)7-9-12)17-10-18-15(13)16-5-2/h6-10H,4-5H2,1-3H3,(H,16,17,18). The zero-order valence-electron chi connectivity index (χ0n) is 11.2. The molecule has 0 fully saturated rings. The molecule has 3 heteroatoms. The molecule has 0 bridgehead atoms. The summed E-state index contributed by atoms with van der Waals surface area (Å²) in [4.78, 5) is 8.76. The summed E-state index contributed by atoms with van der Waals surface area (Å²) in [6.07, 6.45) is 2.55. The van der Waals surface area contributed by atoms with Gasteiger partial charge in [-0.3, -0.25) is 0 Å². The van der Waals surface area contributed by atoms with Crippen LogP contribution in [-0.4, -0.2) is 16.5 Å². The molecule has 1 aromatic carbocycles. The summed E-state index contributed by atoms with van der Waals surface area (Å²) < 4.78 is 0. The first-order valence-corrected chi connectivity index (χ1v) is 6.41. The largest absolute Gasteiger partial charge is 0.370 e. The fourth-order valence-corrected chi connectivity index (χ4v) is 2.03. The van der Waals surface area contributed by atoms with Crippen LogP contribution in [0.2, 0.25) is 0 Å². The van der Waals surface area contributed by atoms with Gasteiger partial charge in [-0.15, -0.1) is 0 Å². The predicted octanol–water partition coefficient (Wildman–Crippen LogP) is 3.45. The molecule has 0 amide bonds. The molecular formula is C15H19N3. The van der Waals surface area contributed by atoms with Crippen molar-refractivity contribution in [2.75, 3.05) is 11.9 Å². The summed E-state index contributed by atoms with van der Waals surface area (Å²) in [6, 6.07) is 8.46. The highest BCUT2D eigenvalue weighted by Crippen LogP contribution is 2.26. The Morgan fingerprint density at radius 3 is 2.39 bits per heavy atom. The zero-order chi connectivity index (χ0) is 13.0. The van der Waals surface area contributed by atoms with Gasteiger partial charge in [-0.2, -0.15) is 0 Å². The van der Waals surface area contributed by atoms with E-state index < -0.39 is 0 Å². The Labute approximate surface area is 108 Å². The third-order valence-electron chi connectivity index (χ3n) is 2.97. The second-order valence-corrected chi connectivity index (χ2v) is 4.30. The van der Waals surface area contributed by atoms with Crippen molar-refractivity contribution in [3.63, 3.8) is 0 Å². The van der Waals surface area contributed by atoms with Crippen LogP contribution in [0, 0.1) is 6.92 Å². The van der Waals surface area contributed by atoms with Crippen LogP contribution in [-0.2, 0) is 6.42 Å². The average Bonchev–Trinajstić information content (AvgIpc) is 2.40. The number of nitrogens with one attached hydrogen (secondary N) is 1. The van der Waals surface area contributed by atoms with Gasteiger partial charge < -0.3 is 5.32 Å². The van der Waals surface area contributed by atoms with E-state index in [1.165, 1.54) is 11.1 Å². The maximum atomic E-state index is 4.44. The van der Waals surface area contributed by atoms with Gasteiger partial charge in [0, 0.05) is 17.7 Å². The van der Waals surface area contributed by atoms with Gasteiger partial charge in [0.05, 0.1) is 5.69 Å². The van der Waals surface area contributed by atoms with Crippen LogP contribution >= 0.6 is 0 Å². The van der Waals surface area contributed by atoms with E-state index in [0.29, 0.717) is 0 Å². The van der Waals surface area contributed by atoms with E-state index in [0.717, 1.165) is 30.0 Å². The van der Waals surface area contributed by atoms with Gasteiger partial charge in [0.15, 0.2) is 0 Å². The molecule has 0 aliphatic carbocycles. The van der Waals surface area contributed by atoms with Crippen LogP contribution in [0.5, 0.6) is 0 Å². The molecule has 0 saturated carbocycles. The molecule has 2 aromatic rings. The summed E-state index contributed by atoms with van der Waals surface area (Å²) in [7, 11) is 0. The molecule has 0 saturated heterocycles. The van der Waals surface area contributed by atoms with Crippen molar-refractivity contribution >= 4 is 5.82 Å². The van der Waals surface area contributed by atoms with Crippen molar-refractivity contribution in [1.29, 1.82) is 0 Å². The van der Waals surface area contributed by atoms with Crippen LogP contribution in [0.25, 0.3) is 11.3 Å². The summed E-state index contributed by atoms with van der Waals surface area (Å²) in [5, 5.41) is 3.30. The Kier molecular flexibility index (Phi) is 3.92. The Balaban J connectivity index is 2.49. The first-order valence-electron chi connectivity index (χ1n) is 6.41. The van der Waals surface area contributed by atoms with E-state index in [-0.39, 0.29) is 0 Å². The maximum absolute atomic E-state index is 4.44. The minimum absolute atomic E-state index is 0.872. The number of hydrogen-bond acceptors (Lipinski definition) is 3. The molecule has 0 radical (unpaired) electrons. The smallest absolute Gasteiger partial charge is 0.133 e. The van der Waals surface area contributed by atoms with Crippen molar-refractivity contribution in [2.45, 2.75) is 27.2 Å². The monoisotopic (exact) mass is 241 g/mol. The summed E-state index contributed by atoms with van der Waals surface area (Å²) in [5.41, 5.74) is 4.63. The summed E-state index contributed by atoms with van der Waals surface area (Å²) >= 11 is 0. The quantitative estimate of drug-likeness (QED) is 0.891. The number of benzene rings is 1. The lowest BCUT2D eigenvalue weighted by Crippen LogP contribution is -2.05. The van der Waals surface area contributed by atoms with Crippen LogP contribution in [0.15, 0.2) is 30.6 Å². The molecule has 1 aromatic heterocycles. The topological polar surface area (TPSA) is 37.8 Å². The van der Waals surface area contributed by atoms with Crippen molar-refractivity contribution in [1.82, 2.24) is 9.97 Å². The lowest BCUT2D eigenvalue weighted by Gasteiger charge is -2.12. The molecule has 0 aliphatic rings. The highest BCUT2D eigenvalue weighted by Gasteiger charge is 2.10. The number of rotatable bonds is 4. The van der Waals surface area contributed by atoms with E-state index in [1.54, 1.807) is 6.33 Å². The van der Waals surface area contributed by atoms with E-state index in [1.807, 2.05) is 0 Å². The molecule has 1 N–H and O–H groups in total. The van der Waals surface area contributed by atoms with Gasteiger partial charge in [-0.05, 0) is 20.3 Å². The first kappa shape index (κ1) is 12.6. The number of aryl methyl sites for hydroxylation is 1. The third-order valence-corrected chi connectivity index (χ3v) is 2.97. The number of hydrogen-bond donors (Lipinski definition) is 1. The van der Waals surface area contributed by atoms with Crippen LogP contribution in [0.4, 0.5) is 5.82 Å². The fraction of sp³-hybridized carbons (Fsp3) is 0.333. The van der Waals surface area contributed by atoms with Crippen molar-refractivity contribution in [3.8, 4) is 11.3 Å². The molecule has 2 rings (SSSR count). The Bertz CT molecular complexity index is 518. The molecule has 0 spiro atoms. The number of anilines is 1. The molecule has 0 aliphatic heterocycles. The molecule has 1 heterocycles. The highest BCUT2D eigenvalue weighted by atomic mass is 15.0. The highest BCUT2D eigenvalue weighted by molar-refractivity contribution is 5.68. The number of nitrogens with zero attached hydrogens (tertiary/aromatic N) is 2. The van der Waals surface area contributed by atoms with Gasteiger partial charge in [0.25, 0.3) is 0 Å². The second kappa shape index (κ2) is 5.63. The lowest BCUT2D eigenvalue weighted by molar-refractivity contribution is 1.03. The van der Waals surface area contributed by atoms with Gasteiger partial charge in [-0.1, -0.05) is 36.8 Å². The first-order chi connectivity index (χ1) is 8.76. The van der Waals surface area contributed by atoms with E-state index >= 15 is 0 Å². The Morgan fingerprint density at radius 2 is 1.78 bits per heavy atom. The van der Waals surface area contributed by atoms with E-state index in [4.69, 9.17) is 0 Å². The van der Waals surface area contributed by atoms with Gasteiger partial charge >= 0.3 is 0 Å². The summed E-state index contributed by atoms with van der Waals surface area (Å²) in [5.74, 6) is 0.950. The van der Waals surface area contributed by atoms with E-state index in [9.17, 15) is 0 Å². The second-order valence-electron chi connectivity index (χ2n) is 4.30. The van der Waals surface area contributed by atoms with Gasteiger partial charge in [-0.25, -0.2) is 9.97 Å². The van der Waals surface area contributed by atoms with Crippen LogP contribution in [0.3, 0.4) is 0 Å². The predicted molar refractivity (Wildman–Crippen MR) is 75.7 cm³/mol. The fourth-order valence-electron chi connectivity index (χ4n) is 2.03. The Morgan fingerprint density at radius 1 is 1.06 bits per heavy atom. The molecule has 18 heavy (non-hydrogen) atoms. The average molecular weight is 241 g/mol. The minimum Gasteiger partial charge on any atom is -0.370 e. The maximum Gasteiger partial charge on any atom is 0.133 e.